The fraction of sp³-hybridized carbons (Fsp3) is 0.745. The number of allylic oxidation sites excluding steroid dienone is 10. The second-order valence-corrected chi connectivity index (χ2v) is 15.6. The summed E-state index contributed by atoms with van der Waals surface area (Å²) in [6, 6.07) is 0. The minimum atomic E-state index is -0.783. The summed E-state index contributed by atoms with van der Waals surface area (Å²) in [5.74, 6) is -0.921. The minimum Gasteiger partial charge on any atom is -0.462 e. The first-order valence-electron chi connectivity index (χ1n) is 23.8. The van der Waals surface area contributed by atoms with Crippen molar-refractivity contribution in [1.29, 1.82) is 0 Å². The van der Waals surface area contributed by atoms with E-state index in [0.717, 1.165) is 116 Å². The highest BCUT2D eigenvalue weighted by Crippen LogP contribution is 2.14. The van der Waals surface area contributed by atoms with Gasteiger partial charge in [-0.15, -0.1) is 0 Å². The molecule has 0 N–H and O–H groups in total. The Balaban J connectivity index is 4.30. The fourth-order valence-corrected chi connectivity index (χ4v) is 6.36. The molecule has 0 bridgehead atoms. The van der Waals surface area contributed by atoms with E-state index in [4.69, 9.17) is 14.2 Å². The van der Waals surface area contributed by atoms with Crippen LogP contribution in [0.1, 0.15) is 226 Å². The summed E-state index contributed by atoms with van der Waals surface area (Å²) in [6.45, 7) is 6.41. The Hall–Kier alpha value is -2.89. The van der Waals surface area contributed by atoms with E-state index in [1.165, 1.54) is 70.6 Å². The molecule has 0 aromatic heterocycles. The molecule has 6 nitrogen and oxygen atoms in total. The number of hydrogen-bond acceptors (Lipinski definition) is 6. The van der Waals surface area contributed by atoms with Gasteiger partial charge < -0.3 is 14.2 Å². The Morgan fingerprint density at radius 1 is 0.368 bits per heavy atom. The molecule has 0 aliphatic heterocycles. The van der Waals surface area contributed by atoms with Gasteiger partial charge in [0.25, 0.3) is 0 Å². The van der Waals surface area contributed by atoms with Crippen LogP contribution in [0.2, 0.25) is 0 Å². The predicted molar refractivity (Wildman–Crippen MR) is 242 cm³/mol. The van der Waals surface area contributed by atoms with Gasteiger partial charge in [0.2, 0.25) is 0 Å². The van der Waals surface area contributed by atoms with Crippen molar-refractivity contribution in [2.24, 2.45) is 0 Å². The first-order chi connectivity index (χ1) is 28.0. The van der Waals surface area contributed by atoms with Crippen molar-refractivity contribution in [2.45, 2.75) is 232 Å². The monoisotopic (exact) mass is 797 g/mol. The molecule has 1 unspecified atom stereocenters. The number of ether oxygens (including phenoxy) is 3. The van der Waals surface area contributed by atoms with Gasteiger partial charge in [-0.25, -0.2) is 0 Å². The highest BCUT2D eigenvalue weighted by molar-refractivity contribution is 5.71. The molecule has 0 fully saturated rings. The zero-order valence-corrected chi connectivity index (χ0v) is 37.3. The molecule has 57 heavy (non-hydrogen) atoms. The van der Waals surface area contributed by atoms with Crippen LogP contribution in [0.4, 0.5) is 0 Å². The van der Waals surface area contributed by atoms with Crippen LogP contribution in [0.5, 0.6) is 0 Å². The second kappa shape index (κ2) is 45.8. The van der Waals surface area contributed by atoms with Crippen LogP contribution in [0.25, 0.3) is 0 Å². The van der Waals surface area contributed by atoms with E-state index < -0.39 is 6.10 Å². The van der Waals surface area contributed by atoms with Gasteiger partial charge in [-0.3, -0.25) is 14.4 Å². The van der Waals surface area contributed by atoms with Crippen molar-refractivity contribution in [3.05, 3.63) is 60.8 Å². The second-order valence-electron chi connectivity index (χ2n) is 15.6. The van der Waals surface area contributed by atoms with Gasteiger partial charge in [0.05, 0.1) is 0 Å². The van der Waals surface area contributed by atoms with Crippen LogP contribution in [0.3, 0.4) is 0 Å². The summed E-state index contributed by atoms with van der Waals surface area (Å²) < 4.78 is 16.7. The van der Waals surface area contributed by atoms with Crippen molar-refractivity contribution in [3.63, 3.8) is 0 Å². The lowest BCUT2D eigenvalue weighted by molar-refractivity contribution is -0.167. The molecule has 328 valence electrons. The Bertz CT molecular complexity index is 1050. The van der Waals surface area contributed by atoms with E-state index in [2.05, 4.69) is 81.5 Å². The van der Waals surface area contributed by atoms with Gasteiger partial charge in [-0.1, -0.05) is 178 Å². The minimum absolute atomic E-state index is 0.0855. The molecule has 0 spiro atoms. The van der Waals surface area contributed by atoms with Crippen LogP contribution >= 0.6 is 0 Å². The first-order valence-corrected chi connectivity index (χ1v) is 23.8. The van der Waals surface area contributed by atoms with Crippen molar-refractivity contribution in [3.8, 4) is 0 Å². The van der Waals surface area contributed by atoms with Crippen LogP contribution in [0.15, 0.2) is 60.8 Å². The molecule has 0 heterocycles. The Morgan fingerprint density at radius 3 is 1.09 bits per heavy atom. The standard InChI is InChI=1S/C51H88O6/c1-4-7-10-13-16-19-22-23-24-25-26-27-28-29-30-33-35-38-41-44-50(53)56-47-48(57-51(54)45-42-39-36-32-21-18-15-12-9-6-3)46-55-49(52)43-40-37-34-31-20-17-14-11-8-5-2/h7,10,14-19,23-24,48H,4-6,8-9,11-13,20-22,25-47H2,1-3H3/b10-7-,17-14-,18-15-,19-16-,24-23-. The normalized spacial score (nSPS) is 12.5. The molecule has 0 aliphatic carbocycles. The zero-order valence-electron chi connectivity index (χ0n) is 37.3. The van der Waals surface area contributed by atoms with Crippen LogP contribution in [-0.4, -0.2) is 37.2 Å². The average Bonchev–Trinajstić information content (AvgIpc) is 3.21. The van der Waals surface area contributed by atoms with E-state index >= 15 is 0 Å². The van der Waals surface area contributed by atoms with Gasteiger partial charge in [0.15, 0.2) is 6.10 Å². The molecule has 0 amide bonds. The zero-order chi connectivity index (χ0) is 41.5. The molecule has 0 saturated heterocycles. The third-order valence-corrected chi connectivity index (χ3v) is 9.98. The third kappa shape index (κ3) is 44.1. The van der Waals surface area contributed by atoms with E-state index in [0.29, 0.717) is 19.3 Å². The maximum Gasteiger partial charge on any atom is 0.306 e. The quantitative estimate of drug-likeness (QED) is 0.0265. The van der Waals surface area contributed by atoms with Gasteiger partial charge in [-0.2, -0.15) is 0 Å². The van der Waals surface area contributed by atoms with E-state index in [9.17, 15) is 14.4 Å². The summed E-state index contributed by atoms with van der Waals surface area (Å²) in [5, 5.41) is 0. The summed E-state index contributed by atoms with van der Waals surface area (Å²) in [4.78, 5) is 37.7. The number of rotatable bonds is 42. The van der Waals surface area contributed by atoms with Gasteiger partial charge in [0.1, 0.15) is 13.2 Å². The number of esters is 3. The molecule has 6 heteroatoms. The summed E-state index contributed by atoms with van der Waals surface area (Å²) in [6.07, 6.45) is 55.0. The van der Waals surface area contributed by atoms with Crippen LogP contribution < -0.4 is 0 Å². The Kier molecular flexibility index (Phi) is 43.5. The van der Waals surface area contributed by atoms with Gasteiger partial charge >= 0.3 is 17.9 Å². The summed E-state index contributed by atoms with van der Waals surface area (Å²) in [7, 11) is 0. The lowest BCUT2D eigenvalue weighted by atomic mass is 10.1. The molecule has 0 radical (unpaired) electrons. The number of unbranched alkanes of at least 4 members (excludes halogenated alkanes) is 21. The summed E-state index contributed by atoms with van der Waals surface area (Å²) in [5.41, 5.74) is 0. The van der Waals surface area contributed by atoms with Crippen LogP contribution in [0, 0.1) is 0 Å². The average molecular weight is 797 g/mol. The molecule has 1 atom stereocenters. The summed E-state index contributed by atoms with van der Waals surface area (Å²) >= 11 is 0. The maximum absolute atomic E-state index is 12.7. The number of hydrogen-bond donors (Lipinski definition) is 0. The Morgan fingerprint density at radius 2 is 0.684 bits per heavy atom. The van der Waals surface area contributed by atoms with E-state index in [1.54, 1.807) is 0 Å². The van der Waals surface area contributed by atoms with Crippen molar-refractivity contribution in [2.75, 3.05) is 13.2 Å². The topological polar surface area (TPSA) is 78.9 Å². The van der Waals surface area contributed by atoms with Crippen molar-refractivity contribution < 1.29 is 28.6 Å². The molecule has 0 saturated carbocycles. The van der Waals surface area contributed by atoms with E-state index in [-0.39, 0.29) is 31.1 Å². The number of carbonyl (C=O) groups excluding carboxylic acids is 3. The SMILES string of the molecule is CC/C=C\C/C=C\C/C=C\CCCCCCCCCCCC(=O)OCC(COC(=O)CCCCCC/C=C\CCCC)OC(=O)CCCCCC/C=C\CCCC. The fourth-order valence-electron chi connectivity index (χ4n) is 6.36. The lowest BCUT2D eigenvalue weighted by Gasteiger charge is -2.18. The molecule has 0 rings (SSSR count). The smallest absolute Gasteiger partial charge is 0.306 e. The molecule has 0 aromatic rings. The number of carbonyl (C=O) groups is 3. The predicted octanol–water partition coefficient (Wildman–Crippen LogP) is 15.3. The van der Waals surface area contributed by atoms with Crippen LogP contribution in [-0.2, 0) is 28.6 Å². The molecule has 0 aromatic carbocycles. The van der Waals surface area contributed by atoms with Gasteiger partial charge in [0, 0.05) is 19.3 Å². The maximum atomic E-state index is 12.7. The largest absolute Gasteiger partial charge is 0.462 e. The molecular weight excluding hydrogens is 709 g/mol. The highest BCUT2D eigenvalue weighted by Gasteiger charge is 2.19. The molecular formula is C51H88O6. The third-order valence-electron chi connectivity index (χ3n) is 9.98. The molecule has 0 aliphatic rings. The van der Waals surface area contributed by atoms with Crippen molar-refractivity contribution in [1.82, 2.24) is 0 Å². The first kappa shape index (κ1) is 54.1. The lowest BCUT2D eigenvalue weighted by Crippen LogP contribution is -2.30. The van der Waals surface area contributed by atoms with Crippen molar-refractivity contribution >= 4 is 17.9 Å². The Labute approximate surface area is 351 Å². The van der Waals surface area contributed by atoms with E-state index in [1.807, 2.05) is 0 Å². The highest BCUT2D eigenvalue weighted by atomic mass is 16.6. The van der Waals surface area contributed by atoms with Gasteiger partial charge in [-0.05, 0) is 89.9 Å².